The average molecular weight is 233 g/mol. The number of hydrogen-bond donors (Lipinski definition) is 1. The summed E-state index contributed by atoms with van der Waals surface area (Å²) in [7, 11) is 2.02. The highest BCUT2D eigenvalue weighted by Gasteiger charge is 2.03. The van der Waals surface area contributed by atoms with Crippen LogP contribution in [-0.2, 0) is 20.0 Å². The van der Waals surface area contributed by atoms with Crippen LogP contribution >= 0.6 is 0 Å². The molecule has 0 saturated heterocycles. The summed E-state index contributed by atoms with van der Waals surface area (Å²) in [6, 6.07) is 2.36. The Bertz CT molecular complexity index is 431. The van der Waals surface area contributed by atoms with Crippen LogP contribution < -0.4 is 5.32 Å². The van der Waals surface area contributed by atoms with E-state index in [1.807, 2.05) is 36.4 Å². The van der Waals surface area contributed by atoms with Gasteiger partial charge in [0, 0.05) is 50.8 Å². The molecule has 0 radical (unpaired) electrons. The number of nitrogens with zero attached hydrogens (tertiary/aromatic N) is 4. The van der Waals surface area contributed by atoms with E-state index in [0.29, 0.717) is 6.04 Å². The Labute approximate surface area is 101 Å². The molecule has 1 atom stereocenters. The second kappa shape index (κ2) is 5.63. The van der Waals surface area contributed by atoms with Crippen LogP contribution in [0.5, 0.6) is 0 Å². The maximum atomic E-state index is 4.29. The fraction of sp³-hybridized carbons (Fsp3) is 0.500. The zero-order valence-corrected chi connectivity index (χ0v) is 10.4. The van der Waals surface area contributed by atoms with Crippen LogP contribution in [0.4, 0.5) is 0 Å². The molecule has 1 N–H and O–H groups in total. The summed E-state index contributed by atoms with van der Waals surface area (Å²) < 4.78 is 4.00. The predicted octanol–water partition coefficient (Wildman–Crippen LogP) is 0.837. The molecule has 2 aromatic heterocycles. The second-order valence-electron chi connectivity index (χ2n) is 4.29. The number of nitrogens with one attached hydrogen (secondary N) is 1. The summed E-state index contributed by atoms with van der Waals surface area (Å²) in [6.07, 6.45) is 8.55. The van der Waals surface area contributed by atoms with Crippen molar-refractivity contribution in [3.05, 3.63) is 36.7 Å². The Kier molecular flexibility index (Phi) is 3.93. The van der Waals surface area contributed by atoms with Gasteiger partial charge in [-0.25, -0.2) is 4.98 Å². The summed E-state index contributed by atoms with van der Waals surface area (Å²) in [5, 5.41) is 7.66. The molecule has 0 amide bonds. The molecule has 5 nitrogen and oxygen atoms in total. The Balaban J connectivity index is 1.70. The van der Waals surface area contributed by atoms with Gasteiger partial charge in [-0.1, -0.05) is 0 Å². The van der Waals surface area contributed by atoms with Crippen LogP contribution in [0.1, 0.15) is 12.7 Å². The minimum Gasteiger partial charge on any atom is -0.338 e. The van der Waals surface area contributed by atoms with Gasteiger partial charge in [0.1, 0.15) is 5.82 Å². The fourth-order valence-corrected chi connectivity index (χ4v) is 1.82. The van der Waals surface area contributed by atoms with Crippen LogP contribution in [0.2, 0.25) is 0 Å². The highest BCUT2D eigenvalue weighted by Crippen LogP contribution is 1.95. The Morgan fingerprint density at radius 3 is 2.88 bits per heavy atom. The van der Waals surface area contributed by atoms with Gasteiger partial charge in [0.25, 0.3) is 0 Å². The summed E-state index contributed by atoms with van der Waals surface area (Å²) in [5.74, 6) is 1.11. The quantitative estimate of drug-likeness (QED) is 0.804. The summed E-state index contributed by atoms with van der Waals surface area (Å²) in [5.41, 5.74) is 0. The molecule has 0 saturated carbocycles. The normalized spacial score (nSPS) is 12.8. The minimum atomic E-state index is 0.412. The lowest BCUT2D eigenvalue weighted by molar-refractivity contribution is 0.451. The molecule has 0 spiro atoms. The van der Waals surface area contributed by atoms with Gasteiger partial charge >= 0.3 is 0 Å². The van der Waals surface area contributed by atoms with E-state index in [0.717, 1.165) is 25.3 Å². The SMILES string of the molecule is CC(Cn1cccn1)NCCc1nccn1C. The smallest absolute Gasteiger partial charge is 0.109 e. The van der Waals surface area contributed by atoms with Crippen molar-refractivity contribution >= 4 is 0 Å². The van der Waals surface area contributed by atoms with Crippen molar-refractivity contribution in [2.24, 2.45) is 7.05 Å². The second-order valence-corrected chi connectivity index (χ2v) is 4.29. The molecular formula is C12H19N5. The average Bonchev–Trinajstić information content (AvgIpc) is 2.91. The minimum absolute atomic E-state index is 0.412. The molecule has 0 aromatic carbocycles. The zero-order chi connectivity index (χ0) is 12.1. The number of hydrogen-bond acceptors (Lipinski definition) is 3. The van der Waals surface area contributed by atoms with E-state index in [2.05, 4.69) is 26.9 Å². The largest absolute Gasteiger partial charge is 0.338 e. The number of rotatable bonds is 6. The lowest BCUT2D eigenvalue weighted by Gasteiger charge is -2.13. The van der Waals surface area contributed by atoms with Gasteiger partial charge < -0.3 is 9.88 Å². The molecule has 5 heteroatoms. The highest BCUT2D eigenvalue weighted by molar-refractivity contribution is 4.91. The molecule has 0 aliphatic carbocycles. The van der Waals surface area contributed by atoms with Crippen molar-refractivity contribution in [2.45, 2.75) is 25.9 Å². The van der Waals surface area contributed by atoms with Crippen molar-refractivity contribution in [1.82, 2.24) is 24.6 Å². The van der Waals surface area contributed by atoms with E-state index in [1.165, 1.54) is 0 Å². The molecule has 2 aromatic rings. The van der Waals surface area contributed by atoms with Crippen molar-refractivity contribution in [3.63, 3.8) is 0 Å². The number of imidazole rings is 1. The van der Waals surface area contributed by atoms with Crippen molar-refractivity contribution in [2.75, 3.05) is 6.54 Å². The van der Waals surface area contributed by atoms with E-state index in [-0.39, 0.29) is 0 Å². The molecule has 0 bridgehead atoms. The Hall–Kier alpha value is -1.62. The van der Waals surface area contributed by atoms with Crippen molar-refractivity contribution in [3.8, 4) is 0 Å². The Morgan fingerprint density at radius 2 is 2.24 bits per heavy atom. The molecule has 0 fully saturated rings. The zero-order valence-electron chi connectivity index (χ0n) is 10.4. The van der Waals surface area contributed by atoms with E-state index in [1.54, 1.807) is 6.20 Å². The van der Waals surface area contributed by atoms with Crippen molar-refractivity contribution < 1.29 is 0 Å². The van der Waals surface area contributed by atoms with E-state index >= 15 is 0 Å². The summed E-state index contributed by atoms with van der Waals surface area (Å²) in [4.78, 5) is 4.29. The first-order chi connectivity index (χ1) is 8.25. The molecular weight excluding hydrogens is 214 g/mol. The van der Waals surface area contributed by atoms with Crippen molar-refractivity contribution in [1.29, 1.82) is 0 Å². The fourth-order valence-electron chi connectivity index (χ4n) is 1.82. The first-order valence-electron chi connectivity index (χ1n) is 5.92. The maximum absolute atomic E-state index is 4.29. The molecule has 17 heavy (non-hydrogen) atoms. The lowest BCUT2D eigenvalue weighted by Crippen LogP contribution is -2.32. The van der Waals surface area contributed by atoms with Crippen LogP contribution in [-0.4, -0.2) is 31.9 Å². The van der Waals surface area contributed by atoms with Crippen LogP contribution in [0, 0.1) is 0 Å². The third kappa shape index (κ3) is 3.42. The summed E-state index contributed by atoms with van der Waals surface area (Å²) in [6.45, 7) is 4.00. The van der Waals surface area contributed by atoms with Gasteiger partial charge in [0.05, 0.1) is 6.54 Å². The highest BCUT2D eigenvalue weighted by atomic mass is 15.3. The van der Waals surface area contributed by atoms with Gasteiger partial charge in [-0.05, 0) is 13.0 Å². The van der Waals surface area contributed by atoms with E-state index < -0.39 is 0 Å². The van der Waals surface area contributed by atoms with Crippen LogP contribution in [0.15, 0.2) is 30.9 Å². The maximum Gasteiger partial charge on any atom is 0.109 e. The van der Waals surface area contributed by atoms with Gasteiger partial charge in [0.15, 0.2) is 0 Å². The van der Waals surface area contributed by atoms with Crippen LogP contribution in [0.25, 0.3) is 0 Å². The molecule has 2 heterocycles. The van der Waals surface area contributed by atoms with Gasteiger partial charge in [-0.15, -0.1) is 0 Å². The molecule has 0 aliphatic heterocycles. The van der Waals surface area contributed by atoms with Gasteiger partial charge in [0.2, 0.25) is 0 Å². The Morgan fingerprint density at radius 1 is 1.35 bits per heavy atom. The molecule has 0 aliphatic rings. The summed E-state index contributed by atoms with van der Waals surface area (Å²) >= 11 is 0. The third-order valence-corrected chi connectivity index (χ3v) is 2.78. The van der Waals surface area contributed by atoms with Gasteiger partial charge in [-0.3, -0.25) is 4.68 Å². The van der Waals surface area contributed by atoms with Crippen LogP contribution in [0.3, 0.4) is 0 Å². The predicted molar refractivity (Wildman–Crippen MR) is 66.6 cm³/mol. The van der Waals surface area contributed by atoms with E-state index in [9.17, 15) is 0 Å². The standard InChI is InChI=1S/C12H19N5/c1-11(10-17-8-3-5-15-17)13-6-4-12-14-7-9-16(12)2/h3,5,7-9,11,13H,4,6,10H2,1-2H3. The van der Waals surface area contributed by atoms with Gasteiger partial charge in [-0.2, -0.15) is 5.10 Å². The number of aryl methyl sites for hydroxylation is 1. The third-order valence-electron chi connectivity index (χ3n) is 2.78. The molecule has 1 unspecified atom stereocenters. The first-order valence-corrected chi connectivity index (χ1v) is 5.92. The number of aromatic nitrogens is 4. The molecule has 2 rings (SSSR count). The lowest BCUT2D eigenvalue weighted by atomic mass is 10.3. The topological polar surface area (TPSA) is 47.7 Å². The van der Waals surface area contributed by atoms with E-state index in [4.69, 9.17) is 0 Å². The monoisotopic (exact) mass is 233 g/mol. The first kappa shape index (κ1) is 11.9. The molecule has 92 valence electrons.